The third kappa shape index (κ3) is 2.14. The van der Waals surface area contributed by atoms with Gasteiger partial charge < -0.3 is 9.67 Å². The number of hydrogen-bond acceptors (Lipinski definition) is 2. The standard InChI is InChI=1S/C13H16N2O/c1-15-9-8-14-13(15)12-7-3-2-5-11(12)6-4-10-16/h2-3,5,7-9,16H,4,6,10H2,1H3. The molecule has 0 fully saturated rings. The number of rotatable bonds is 4. The van der Waals surface area contributed by atoms with Crippen LogP contribution >= 0.6 is 0 Å². The number of hydrogen-bond donors (Lipinski definition) is 1. The van der Waals surface area contributed by atoms with Gasteiger partial charge in [-0.3, -0.25) is 0 Å². The molecule has 2 aromatic rings. The summed E-state index contributed by atoms with van der Waals surface area (Å²) in [5.74, 6) is 0.980. The van der Waals surface area contributed by atoms with Gasteiger partial charge in [-0.05, 0) is 18.4 Å². The molecule has 0 aliphatic heterocycles. The summed E-state index contributed by atoms with van der Waals surface area (Å²) in [6.45, 7) is 0.231. The highest BCUT2D eigenvalue weighted by molar-refractivity contribution is 5.60. The lowest BCUT2D eigenvalue weighted by molar-refractivity contribution is 0.288. The third-order valence-electron chi connectivity index (χ3n) is 2.68. The summed E-state index contributed by atoms with van der Waals surface area (Å²) >= 11 is 0. The average molecular weight is 216 g/mol. The molecule has 3 heteroatoms. The van der Waals surface area contributed by atoms with E-state index in [1.54, 1.807) is 6.20 Å². The zero-order valence-electron chi connectivity index (χ0n) is 9.43. The largest absolute Gasteiger partial charge is 0.396 e. The van der Waals surface area contributed by atoms with Gasteiger partial charge in [0, 0.05) is 31.6 Å². The molecule has 0 unspecified atom stereocenters. The van der Waals surface area contributed by atoms with E-state index >= 15 is 0 Å². The lowest BCUT2D eigenvalue weighted by Crippen LogP contribution is -1.97. The Morgan fingerprint density at radius 2 is 2.12 bits per heavy atom. The van der Waals surface area contributed by atoms with Gasteiger partial charge in [0.15, 0.2) is 0 Å². The average Bonchev–Trinajstić information content (AvgIpc) is 2.73. The Morgan fingerprint density at radius 1 is 1.31 bits per heavy atom. The Labute approximate surface area is 95.4 Å². The van der Waals surface area contributed by atoms with Crippen molar-refractivity contribution in [2.24, 2.45) is 7.05 Å². The molecule has 0 radical (unpaired) electrons. The van der Waals surface area contributed by atoms with Gasteiger partial charge in [0.1, 0.15) is 5.82 Å². The van der Waals surface area contributed by atoms with Crippen molar-refractivity contribution in [3.8, 4) is 11.4 Å². The van der Waals surface area contributed by atoms with Crippen molar-refractivity contribution < 1.29 is 5.11 Å². The van der Waals surface area contributed by atoms with Gasteiger partial charge in [0.2, 0.25) is 0 Å². The van der Waals surface area contributed by atoms with Gasteiger partial charge in [0.25, 0.3) is 0 Å². The van der Waals surface area contributed by atoms with Gasteiger partial charge in [-0.1, -0.05) is 24.3 Å². The van der Waals surface area contributed by atoms with Crippen LogP contribution in [0.25, 0.3) is 11.4 Å². The molecule has 16 heavy (non-hydrogen) atoms. The zero-order chi connectivity index (χ0) is 11.4. The highest BCUT2D eigenvalue weighted by atomic mass is 16.2. The number of imidazole rings is 1. The van der Waals surface area contributed by atoms with Gasteiger partial charge in [-0.15, -0.1) is 0 Å². The molecule has 2 rings (SSSR count). The number of aromatic nitrogens is 2. The molecule has 3 nitrogen and oxygen atoms in total. The molecule has 1 aromatic carbocycles. The maximum Gasteiger partial charge on any atom is 0.139 e. The summed E-state index contributed by atoms with van der Waals surface area (Å²) < 4.78 is 2.01. The van der Waals surface area contributed by atoms with Gasteiger partial charge in [-0.2, -0.15) is 0 Å². The smallest absolute Gasteiger partial charge is 0.139 e. The quantitative estimate of drug-likeness (QED) is 0.849. The molecule has 0 atom stereocenters. The SMILES string of the molecule is Cn1ccnc1-c1ccccc1CCCO. The van der Waals surface area contributed by atoms with Crippen LogP contribution in [0.5, 0.6) is 0 Å². The van der Waals surface area contributed by atoms with Crippen molar-refractivity contribution in [3.63, 3.8) is 0 Å². The fraction of sp³-hybridized carbons (Fsp3) is 0.308. The van der Waals surface area contributed by atoms with Gasteiger partial charge in [0.05, 0.1) is 0 Å². The van der Waals surface area contributed by atoms with E-state index in [2.05, 4.69) is 17.1 Å². The normalized spacial score (nSPS) is 10.6. The molecule has 0 aliphatic carbocycles. The molecule has 84 valence electrons. The molecular weight excluding hydrogens is 200 g/mol. The molecule has 0 saturated carbocycles. The highest BCUT2D eigenvalue weighted by Gasteiger charge is 2.07. The first kappa shape index (κ1) is 10.9. The van der Waals surface area contributed by atoms with Crippen LogP contribution in [0.4, 0.5) is 0 Å². The van der Waals surface area contributed by atoms with Crippen molar-refractivity contribution in [3.05, 3.63) is 42.2 Å². The lowest BCUT2D eigenvalue weighted by atomic mass is 10.0. The first-order chi connectivity index (χ1) is 7.83. The summed E-state index contributed by atoms with van der Waals surface area (Å²) in [5, 5.41) is 8.88. The molecule has 1 N–H and O–H groups in total. The molecular formula is C13H16N2O. The molecule has 1 aromatic heterocycles. The van der Waals surface area contributed by atoms with Crippen LogP contribution < -0.4 is 0 Å². The van der Waals surface area contributed by atoms with E-state index in [-0.39, 0.29) is 6.61 Å². The predicted molar refractivity (Wildman–Crippen MR) is 64.1 cm³/mol. The third-order valence-corrected chi connectivity index (χ3v) is 2.68. The Kier molecular flexibility index (Phi) is 3.37. The number of aliphatic hydroxyl groups excluding tert-OH is 1. The van der Waals surface area contributed by atoms with Crippen molar-refractivity contribution in [1.82, 2.24) is 9.55 Å². The molecule has 0 bridgehead atoms. The van der Waals surface area contributed by atoms with Crippen LogP contribution in [0.15, 0.2) is 36.7 Å². The fourth-order valence-corrected chi connectivity index (χ4v) is 1.85. The minimum Gasteiger partial charge on any atom is -0.396 e. The van der Waals surface area contributed by atoms with Crippen LogP contribution in [-0.4, -0.2) is 21.3 Å². The maximum absolute atomic E-state index is 8.88. The van der Waals surface area contributed by atoms with Crippen LogP contribution in [0.3, 0.4) is 0 Å². The van der Waals surface area contributed by atoms with Gasteiger partial charge in [-0.25, -0.2) is 4.98 Å². The number of nitrogens with zero attached hydrogens (tertiary/aromatic N) is 2. The first-order valence-electron chi connectivity index (χ1n) is 5.49. The summed E-state index contributed by atoms with van der Waals surface area (Å²) in [5.41, 5.74) is 2.40. The Balaban J connectivity index is 2.37. The Hall–Kier alpha value is -1.61. The number of benzene rings is 1. The summed E-state index contributed by atoms with van der Waals surface area (Å²) in [4.78, 5) is 4.36. The van der Waals surface area contributed by atoms with Crippen LogP contribution in [0.2, 0.25) is 0 Å². The second-order valence-electron chi connectivity index (χ2n) is 3.85. The molecule has 0 spiro atoms. The first-order valence-corrected chi connectivity index (χ1v) is 5.49. The second-order valence-corrected chi connectivity index (χ2v) is 3.85. The van der Waals surface area contributed by atoms with Crippen molar-refractivity contribution in [2.75, 3.05) is 6.61 Å². The van der Waals surface area contributed by atoms with Crippen LogP contribution in [0, 0.1) is 0 Å². The van der Waals surface area contributed by atoms with Gasteiger partial charge >= 0.3 is 0 Å². The van der Waals surface area contributed by atoms with Crippen molar-refractivity contribution in [1.29, 1.82) is 0 Å². The van der Waals surface area contributed by atoms with Crippen molar-refractivity contribution >= 4 is 0 Å². The molecule has 0 amide bonds. The predicted octanol–water partition coefficient (Wildman–Crippen LogP) is 2.01. The zero-order valence-corrected chi connectivity index (χ0v) is 9.43. The van der Waals surface area contributed by atoms with E-state index < -0.39 is 0 Å². The van der Waals surface area contributed by atoms with Crippen LogP contribution in [0.1, 0.15) is 12.0 Å². The number of aryl methyl sites for hydroxylation is 2. The fourth-order valence-electron chi connectivity index (χ4n) is 1.85. The molecule has 0 aliphatic rings. The summed E-state index contributed by atoms with van der Waals surface area (Å²) in [6.07, 6.45) is 5.43. The minimum atomic E-state index is 0.231. The van der Waals surface area contributed by atoms with E-state index in [0.29, 0.717) is 0 Å². The number of aliphatic hydroxyl groups is 1. The van der Waals surface area contributed by atoms with E-state index in [0.717, 1.165) is 24.2 Å². The lowest BCUT2D eigenvalue weighted by Gasteiger charge is -2.08. The van der Waals surface area contributed by atoms with Crippen molar-refractivity contribution in [2.45, 2.75) is 12.8 Å². The highest BCUT2D eigenvalue weighted by Crippen LogP contribution is 2.22. The molecule has 0 saturated heterocycles. The summed E-state index contributed by atoms with van der Waals surface area (Å²) in [6, 6.07) is 8.22. The van der Waals surface area contributed by atoms with E-state index in [4.69, 9.17) is 5.11 Å². The van der Waals surface area contributed by atoms with E-state index in [1.165, 1.54) is 5.56 Å². The second kappa shape index (κ2) is 4.94. The van der Waals surface area contributed by atoms with E-state index in [9.17, 15) is 0 Å². The maximum atomic E-state index is 8.88. The van der Waals surface area contributed by atoms with E-state index in [1.807, 2.05) is 29.9 Å². The summed E-state index contributed by atoms with van der Waals surface area (Å²) in [7, 11) is 1.99. The minimum absolute atomic E-state index is 0.231. The Bertz CT molecular complexity index is 462. The van der Waals surface area contributed by atoms with Crippen LogP contribution in [-0.2, 0) is 13.5 Å². The molecule has 1 heterocycles. The topological polar surface area (TPSA) is 38.0 Å². The Morgan fingerprint density at radius 3 is 2.81 bits per heavy atom. The monoisotopic (exact) mass is 216 g/mol.